The molecule has 2 rings (SSSR count). The van der Waals surface area contributed by atoms with Crippen LogP contribution in [0.3, 0.4) is 0 Å². The molecule has 0 atom stereocenters. The monoisotopic (exact) mass is 335 g/mol. The highest BCUT2D eigenvalue weighted by molar-refractivity contribution is 14.1. The Kier molecular flexibility index (Phi) is 3.36. The number of hydrogen-bond acceptors (Lipinski definition) is 2. The van der Waals surface area contributed by atoms with Crippen LogP contribution >= 0.6 is 22.6 Å². The molecule has 1 aromatic heterocycles. The first kappa shape index (κ1) is 11.7. The Bertz CT molecular complexity index is 377. The lowest BCUT2D eigenvalue weighted by Crippen LogP contribution is -2.36. The average Bonchev–Trinajstić information content (AvgIpc) is 2.59. The van der Waals surface area contributed by atoms with Gasteiger partial charge in [-0.05, 0) is 35.4 Å². The third kappa shape index (κ3) is 2.31. The van der Waals surface area contributed by atoms with Crippen LogP contribution in [0.2, 0.25) is 0 Å². The zero-order valence-corrected chi connectivity index (χ0v) is 11.2. The summed E-state index contributed by atoms with van der Waals surface area (Å²) in [5.74, 6) is 0.408. The van der Waals surface area contributed by atoms with Crippen LogP contribution in [0, 0.1) is 3.83 Å². The lowest BCUT2D eigenvalue weighted by atomic mass is 9.94. The molecule has 1 aliphatic rings. The van der Waals surface area contributed by atoms with Gasteiger partial charge in [0.15, 0.2) is 3.83 Å². The molecule has 0 aromatic carbocycles. The van der Waals surface area contributed by atoms with Gasteiger partial charge in [0.25, 0.3) is 0 Å². The molecule has 0 unspecified atom stereocenters. The van der Waals surface area contributed by atoms with Gasteiger partial charge >= 0.3 is 6.09 Å². The molecule has 0 saturated carbocycles. The largest absolute Gasteiger partial charge is 0.465 e. The van der Waals surface area contributed by atoms with E-state index in [1.807, 2.05) is 17.8 Å². The number of piperidine rings is 1. The predicted molar refractivity (Wildman–Crippen MR) is 67.5 cm³/mol. The Labute approximate surface area is 108 Å². The van der Waals surface area contributed by atoms with E-state index in [4.69, 9.17) is 5.11 Å². The molecule has 6 heteroatoms. The number of halogens is 1. The van der Waals surface area contributed by atoms with E-state index in [1.54, 1.807) is 0 Å². The number of carbonyl (C=O) groups is 1. The van der Waals surface area contributed by atoms with Crippen molar-refractivity contribution in [2.24, 2.45) is 7.05 Å². The number of imidazole rings is 1. The molecule has 88 valence electrons. The van der Waals surface area contributed by atoms with E-state index in [0.29, 0.717) is 19.0 Å². The summed E-state index contributed by atoms with van der Waals surface area (Å²) in [5.41, 5.74) is 1.09. The number of aromatic nitrogens is 2. The van der Waals surface area contributed by atoms with Gasteiger partial charge in [-0.3, -0.25) is 0 Å². The molecular weight excluding hydrogens is 321 g/mol. The summed E-state index contributed by atoms with van der Waals surface area (Å²) in [6.07, 6.45) is 2.98. The third-order valence-corrected chi connectivity index (χ3v) is 4.02. The Balaban J connectivity index is 2.01. The summed E-state index contributed by atoms with van der Waals surface area (Å²) in [4.78, 5) is 16.7. The van der Waals surface area contributed by atoms with Crippen LogP contribution in [0.1, 0.15) is 24.5 Å². The first-order chi connectivity index (χ1) is 7.58. The molecular formula is C10H14IN3O2. The van der Waals surface area contributed by atoms with Gasteiger partial charge in [-0.2, -0.15) is 0 Å². The fourth-order valence-corrected chi connectivity index (χ4v) is 2.45. The normalized spacial score (nSPS) is 17.8. The topological polar surface area (TPSA) is 58.4 Å². The second-order valence-corrected chi connectivity index (χ2v) is 5.05. The molecule has 1 saturated heterocycles. The van der Waals surface area contributed by atoms with Crippen molar-refractivity contribution in [3.63, 3.8) is 0 Å². The van der Waals surface area contributed by atoms with Gasteiger partial charge in [-0.1, -0.05) is 0 Å². The van der Waals surface area contributed by atoms with Gasteiger partial charge in [-0.15, -0.1) is 0 Å². The highest BCUT2D eigenvalue weighted by Gasteiger charge is 2.25. The van der Waals surface area contributed by atoms with Crippen LogP contribution in [0.15, 0.2) is 6.20 Å². The molecule has 1 N–H and O–H groups in total. The quantitative estimate of drug-likeness (QED) is 0.798. The summed E-state index contributed by atoms with van der Waals surface area (Å²) >= 11 is 2.20. The van der Waals surface area contributed by atoms with Gasteiger partial charge in [0.05, 0.1) is 5.69 Å². The predicted octanol–water partition coefficient (Wildman–Crippen LogP) is 1.88. The minimum absolute atomic E-state index is 0.408. The number of likely N-dealkylation sites (tertiary alicyclic amines) is 1. The SMILES string of the molecule is Cn1cc(C2CCN(C(=O)O)CC2)nc1I. The van der Waals surface area contributed by atoms with E-state index < -0.39 is 6.09 Å². The zero-order valence-electron chi connectivity index (χ0n) is 9.06. The molecule has 0 aliphatic carbocycles. The smallest absolute Gasteiger partial charge is 0.407 e. The molecule has 5 nitrogen and oxygen atoms in total. The van der Waals surface area contributed by atoms with Gasteiger partial charge in [0.2, 0.25) is 0 Å². The fraction of sp³-hybridized carbons (Fsp3) is 0.600. The Hall–Kier alpha value is -0.790. The summed E-state index contributed by atoms with van der Waals surface area (Å²) in [5, 5.41) is 8.85. The van der Waals surface area contributed by atoms with Crippen molar-refractivity contribution in [2.45, 2.75) is 18.8 Å². The van der Waals surface area contributed by atoms with Gasteiger partial charge in [0, 0.05) is 32.3 Å². The Morgan fingerprint density at radius 1 is 1.56 bits per heavy atom. The van der Waals surface area contributed by atoms with Crippen molar-refractivity contribution in [1.29, 1.82) is 0 Å². The van der Waals surface area contributed by atoms with Crippen LogP contribution in [0.25, 0.3) is 0 Å². The van der Waals surface area contributed by atoms with Crippen LogP contribution in [0.5, 0.6) is 0 Å². The van der Waals surface area contributed by atoms with Crippen molar-refractivity contribution >= 4 is 28.7 Å². The van der Waals surface area contributed by atoms with Gasteiger partial charge in [0.1, 0.15) is 0 Å². The van der Waals surface area contributed by atoms with Crippen molar-refractivity contribution < 1.29 is 9.90 Å². The molecule has 1 aliphatic heterocycles. The minimum Gasteiger partial charge on any atom is -0.465 e. The number of aryl methyl sites for hydroxylation is 1. The maximum absolute atomic E-state index is 10.8. The molecule has 1 amide bonds. The van der Waals surface area contributed by atoms with E-state index in [0.717, 1.165) is 22.4 Å². The van der Waals surface area contributed by atoms with E-state index in [1.165, 1.54) is 4.90 Å². The molecule has 2 heterocycles. The molecule has 0 bridgehead atoms. The molecule has 1 fully saturated rings. The number of amides is 1. The van der Waals surface area contributed by atoms with Crippen molar-refractivity contribution in [1.82, 2.24) is 14.5 Å². The number of carboxylic acid groups (broad SMARTS) is 1. The van der Waals surface area contributed by atoms with E-state index in [2.05, 4.69) is 27.6 Å². The Morgan fingerprint density at radius 2 is 2.19 bits per heavy atom. The maximum Gasteiger partial charge on any atom is 0.407 e. The van der Waals surface area contributed by atoms with Crippen molar-refractivity contribution in [3.8, 4) is 0 Å². The lowest BCUT2D eigenvalue weighted by Gasteiger charge is -2.28. The summed E-state index contributed by atoms with van der Waals surface area (Å²) in [6.45, 7) is 1.24. The number of rotatable bonds is 1. The maximum atomic E-state index is 10.8. The van der Waals surface area contributed by atoms with Crippen LogP contribution in [-0.4, -0.2) is 38.7 Å². The van der Waals surface area contributed by atoms with E-state index >= 15 is 0 Å². The first-order valence-corrected chi connectivity index (χ1v) is 6.32. The average molecular weight is 335 g/mol. The second kappa shape index (κ2) is 4.60. The fourth-order valence-electron chi connectivity index (χ4n) is 2.03. The number of hydrogen-bond donors (Lipinski definition) is 1. The summed E-state index contributed by atoms with van der Waals surface area (Å²) in [7, 11) is 1.98. The molecule has 0 radical (unpaired) electrons. The number of nitrogens with zero attached hydrogens (tertiary/aromatic N) is 3. The van der Waals surface area contributed by atoms with Crippen LogP contribution in [0.4, 0.5) is 4.79 Å². The summed E-state index contributed by atoms with van der Waals surface area (Å²) < 4.78 is 2.98. The Morgan fingerprint density at radius 3 is 2.62 bits per heavy atom. The van der Waals surface area contributed by atoms with Crippen LogP contribution < -0.4 is 0 Å². The van der Waals surface area contributed by atoms with Gasteiger partial charge < -0.3 is 14.6 Å². The molecule has 1 aromatic rings. The highest BCUT2D eigenvalue weighted by atomic mass is 127. The van der Waals surface area contributed by atoms with Gasteiger partial charge in [-0.25, -0.2) is 9.78 Å². The lowest BCUT2D eigenvalue weighted by molar-refractivity contribution is 0.132. The molecule has 16 heavy (non-hydrogen) atoms. The third-order valence-electron chi connectivity index (χ3n) is 3.02. The summed E-state index contributed by atoms with van der Waals surface area (Å²) in [6, 6.07) is 0. The highest BCUT2D eigenvalue weighted by Crippen LogP contribution is 2.27. The standard InChI is InChI=1S/C10H14IN3O2/c1-13-6-8(12-9(13)11)7-2-4-14(5-3-7)10(15)16/h6-7H,2-5H2,1H3,(H,15,16). The van der Waals surface area contributed by atoms with E-state index in [-0.39, 0.29) is 0 Å². The van der Waals surface area contributed by atoms with E-state index in [9.17, 15) is 4.79 Å². The van der Waals surface area contributed by atoms with Crippen molar-refractivity contribution in [2.75, 3.05) is 13.1 Å². The zero-order chi connectivity index (χ0) is 11.7. The van der Waals surface area contributed by atoms with Crippen LogP contribution in [-0.2, 0) is 7.05 Å². The second-order valence-electron chi connectivity index (χ2n) is 4.09. The first-order valence-electron chi connectivity index (χ1n) is 5.24. The molecule has 0 spiro atoms. The minimum atomic E-state index is -0.811. The van der Waals surface area contributed by atoms with Crippen molar-refractivity contribution in [3.05, 3.63) is 15.7 Å².